The number of rotatable bonds is 5. The Balaban J connectivity index is 1.62. The van der Waals surface area contributed by atoms with Crippen LogP contribution in [0.25, 0.3) is 10.2 Å². The molecule has 32 heavy (non-hydrogen) atoms. The molecule has 8 heteroatoms. The second-order valence-corrected chi connectivity index (χ2v) is 9.74. The lowest BCUT2D eigenvalue weighted by molar-refractivity contribution is 0.103. The summed E-state index contributed by atoms with van der Waals surface area (Å²) < 4.78 is 13.6. The highest BCUT2D eigenvalue weighted by atomic mass is 32.2. The minimum atomic E-state index is -0.428. The van der Waals surface area contributed by atoms with E-state index in [0.717, 1.165) is 10.5 Å². The molecule has 0 aliphatic heterocycles. The largest absolute Gasteiger partial charge is 0.321 e. The van der Waals surface area contributed by atoms with Crippen LogP contribution in [0.5, 0.6) is 0 Å². The molecule has 0 saturated carbocycles. The van der Waals surface area contributed by atoms with Gasteiger partial charge in [0.05, 0.1) is 16.0 Å². The quantitative estimate of drug-likeness (QED) is 0.358. The summed E-state index contributed by atoms with van der Waals surface area (Å²) in [4.78, 5) is 35.2. The van der Waals surface area contributed by atoms with E-state index in [1.165, 1.54) is 34.6 Å². The van der Waals surface area contributed by atoms with Crippen molar-refractivity contribution in [2.24, 2.45) is 0 Å². The number of aromatic amines is 1. The molecule has 0 saturated heterocycles. The third-order valence-corrected chi connectivity index (χ3v) is 7.56. The number of thiophene rings is 1. The van der Waals surface area contributed by atoms with Gasteiger partial charge >= 0.3 is 0 Å². The summed E-state index contributed by atoms with van der Waals surface area (Å²) in [6.07, 6.45) is 0. The minimum absolute atomic E-state index is 0.263. The Hall–Kier alpha value is -2.97. The zero-order valence-corrected chi connectivity index (χ0v) is 19.8. The Labute approximate surface area is 193 Å². The number of carbonyl (C=O) groups excluding carboxylic acids is 1. The maximum atomic E-state index is 13.6. The number of anilines is 1. The van der Waals surface area contributed by atoms with Gasteiger partial charge in [-0.05, 0) is 62.6 Å². The normalized spacial score (nSPS) is 11.2. The van der Waals surface area contributed by atoms with E-state index in [1.54, 1.807) is 31.7 Å². The average molecular weight is 468 g/mol. The number of aryl methyl sites for hydroxylation is 4. The SMILES string of the molecule is Cc1ccc(C)c(SCc2nc3sc(C(=O)Nc4cc(F)ccc4C)c(C)c3c(=O)[nH]2)c1. The Kier molecular flexibility index (Phi) is 6.17. The number of benzene rings is 2. The van der Waals surface area contributed by atoms with Gasteiger partial charge in [0.25, 0.3) is 11.5 Å². The molecule has 0 aliphatic rings. The second-order valence-electron chi connectivity index (χ2n) is 7.72. The predicted molar refractivity (Wildman–Crippen MR) is 130 cm³/mol. The monoisotopic (exact) mass is 467 g/mol. The van der Waals surface area contributed by atoms with Crippen LogP contribution in [0.1, 0.15) is 37.7 Å². The molecule has 0 unspecified atom stereocenters. The van der Waals surface area contributed by atoms with E-state index in [9.17, 15) is 14.0 Å². The van der Waals surface area contributed by atoms with Crippen LogP contribution >= 0.6 is 23.1 Å². The molecule has 0 atom stereocenters. The Bertz CT molecular complexity index is 1410. The number of nitrogens with zero attached hydrogens (tertiary/aromatic N) is 1. The van der Waals surface area contributed by atoms with Crippen molar-refractivity contribution in [1.82, 2.24) is 9.97 Å². The lowest BCUT2D eigenvalue weighted by Crippen LogP contribution is -2.14. The van der Waals surface area contributed by atoms with E-state index in [1.807, 2.05) is 6.92 Å². The molecule has 2 N–H and O–H groups in total. The van der Waals surface area contributed by atoms with Crippen molar-refractivity contribution >= 4 is 44.9 Å². The van der Waals surface area contributed by atoms with Crippen LogP contribution in [0, 0.1) is 33.5 Å². The number of nitrogens with one attached hydrogen (secondary N) is 2. The number of halogens is 1. The topological polar surface area (TPSA) is 74.8 Å². The summed E-state index contributed by atoms with van der Waals surface area (Å²) in [5, 5.41) is 3.16. The highest BCUT2D eigenvalue weighted by molar-refractivity contribution is 7.98. The van der Waals surface area contributed by atoms with Crippen molar-refractivity contribution in [3.8, 4) is 0 Å². The standard InChI is InChI=1S/C24H22FN3O2S2/c1-12-5-6-14(3)18(9-12)31-11-19-27-22(29)20-15(4)21(32-24(20)28-19)23(30)26-17-10-16(25)8-7-13(17)2/h5-10H,11H2,1-4H3,(H,26,30)(H,27,28,29). The van der Waals surface area contributed by atoms with Crippen molar-refractivity contribution in [3.05, 3.63) is 85.5 Å². The zero-order chi connectivity index (χ0) is 23.0. The molecule has 2 aromatic heterocycles. The third-order valence-electron chi connectivity index (χ3n) is 5.21. The van der Waals surface area contributed by atoms with Crippen LogP contribution in [0.2, 0.25) is 0 Å². The first-order valence-electron chi connectivity index (χ1n) is 10.0. The van der Waals surface area contributed by atoms with Crippen LogP contribution in [-0.4, -0.2) is 15.9 Å². The van der Waals surface area contributed by atoms with E-state index in [2.05, 4.69) is 40.4 Å². The molecule has 0 radical (unpaired) electrons. The molecule has 4 aromatic rings. The first kappa shape index (κ1) is 22.2. The van der Waals surface area contributed by atoms with E-state index in [4.69, 9.17) is 0 Å². The number of carbonyl (C=O) groups is 1. The van der Waals surface area contributed by atoms with Gasteiger partial charge in [-0.25, -0.2) is 9.37 Å². The van der Waals surface area contributed by atoms with Gasteiger partial charge in [-0.2, -0.15) is 0 Å². The summed E-state index contributed by atoms with van der Waals surface area (Å²) in [6, 6.07) is 10.5. The number of H-pyrrole nitrogens is 1. The first-order valence-corrected chi connectivity index (χ1v) is 11.8. The molecule has 4 rings (SSSR count). The van der Waals surface area contributed by atoms with Gasteiger partial charge in [-0.1, -0.05) is 23.8 Å². The van der Waals surface area contributed by atoms with Crippen LogP contribution in [-0.2, 0) is 5.75 Å². The van der Waals surface area contributed by atoms with Gasteiger partial charge < -0.3 is 10.3 Å². The maximum absolute atomic E-state index is 13.6. The fourth-order valence-electron chi connectivity index (χ4n) is 3.39. The van der Waals surface area contributed by atoms with E-state index in [0.29, 0.717) is 37.9 Å². The molecule has 0 spiro atoms. The van der Waals surface area contributed by atoms with Crippen molar-refractivity contribution < 1.29 is 9.18 Å². The molecule has 0 fully saturated rings. The van der Waals surface area contributed by atoms with Gasteiger partial charge in [0.2, 0.25) is 0 Å². The first-order chi connectivity index (χ1) is 15.2. The number of hydrogen-bond acceptors (Lipinski definition) is 5. The minimum Gasteiger partial charge on any atom is -0.321 e. The van der Waals surface area contributed by atoms with Crippen LogP contribution in [0.15, 0.2) is 46.1 Å². The summed E-state index contributed by atoms with van der Waals surface area (Å²) in [6.45, 7) is 7.61. The molecule has 2 heterocycles. The van der Waals surface area contributed by atoms with Crippen LogP contribution < -0.4 is 10.9 Å². The van der Waals surface area contributed by atoms with Gasteiger partial charge in [-0.15, -0.1) is 23.1 Å². The fraction of sp³-hybridized carbons (Fsp3) is 0.208. The van der Waals surface area contributed by atoms with Gasteiger partial charge in [-0.3, -0.25) is 9.59 Å². The fourth-order valence-corrected chi connectivity index (χ4v) is 5.48. The Morgan fingerprint density at radius 2 is 1.88 bits per heavy atom. The molecule has 0 bridgehead atoms. The summed E-state index contributed by atoms with van der Waals surface area (Å²) in [7, 11) is 0. The molecular formula is C24H22FN3O2S2. The van der Waals surface area contributed by atoms with Crippen molar-refractivity contribution in [2.75, 3.05) is 5.32 Å². The van der Waals surface area contributed by atoms with Crippen LogP contribution in [0.3, 0.4) is 0 Å². The highest BCUT2D eigenvalue weighted by Crippen LogP contribution is 2.30. The molecular weight excluding hydrogens is 445 g/mol. The Morgan fingerprint density at radius 3 is 2.66 bits per heavy atom. The van der Waals surface area contributed by atoms with Crippen LogP contribution in [0.4, 0.5) is 10.1 Å². The molecule has 5 nitrogen and oxygen atoms in total. The summed E-state index contributed by atoms with van der Waals surface area (Å²) >= 11 is 2.78. The predicted octanol–water partition coefficient (Wildman–Crippen LogP) is 5.90. The number of thioether (sulfide) groups is 1. The van der Waals surface area contributed by atoms with E-state index >= 15 is 0 Å². The van der Waals surface area contributed by atoms with Gasteiger partial charge in [0, 0.05) is 10.6 Å². The molecule has 0 aliphatic carbocycles. The van der Waals surface area contributed by atoms with Crippen molar-refractivity contribution in [1.29, 1.82) is 0 Å². The van der Waals surface area contributed by atoms with Gasteiger partial charge in [0.1, 0.15) is 16.5 Å². The summed E-state index contributed by atoms with van der Waals surface area (Å²) in [5.41, 5.74) is 3.80. The number of hydrogen-bond donors (Lipinski definition) is 2. The zero-order valence-electron chi connectivity index (χ0n) is 18.1. The van der Waals surface area contributed by atoms with E-state index < -0.39 is 5.82 Å². The summed E-state index contributed by atoms with van der Waals surface area (Å²) in [5.74, 6) is 0.256. The third kappa shape index (κ3) is 4.47. The smallest absolute Gasteiger partial charge is 0.266 e. The van der Waals surface area contributed by atoms with Crippen molar-refractivity contribution in [3.63, 3.8) is 0 Å². The number of fused-ring (bicyclic) bond motifs is 1. The maximum Gasteiger partial charge on any atom is 0.266 e. The highest BCUT2D eigenvalue weighted by Gasteiger charge is 2.20. The molecule has 1 amide bonds. The lowest BCUT2D eigenvalue weighted by atomic mass is 10.1. The average Bonchev–Trinajstić information content (AvgIpc) is 3.08. The molecule has 2 aromatic carbocycles. The number of aromatic nitrogens is 2. The lowest BCUT2D eigenvalue weighted by Gasteiger charge is -2.07. The van der Waals surface area contributed by atoms with Gasteiger partial charge in [0.15, 0.2) is 0 Å². The van der Waals surface area contributed by atoms with E-state index in [-0.39, 0.29) is 11.5 Å². The van der Waals surface area contributed by atoms with Crippen molar-refractivity contribution in [2.45, 2.75) is 38.3 Å². The number of amides is 1. The molecule has 164 valence electrons. The Morgan fingerprint density at radius 1 is 1.12 bits per heavy atom. The second kappa shape index (κ2) is 8.88.